The van der Waals surface area contributed by atoms with Crippen molar-refractivity contribution in [3.8, 4) is 11.5 Å². The molecule has 1 saturated carbocycles. The molecular weight excluding hydrogens is 326 g/mol. The van der Waals surface area contributed by atoms with Gasteiger partial charge in [0.2, 0.25) is 0 Å². The van der Waals surface area contributed by atoms with Crippen molar-refractivity contribution in [1.82, 2.24) is 5.32 Å². The zero-order chi connectivity index (χ0) is 18.4. The summed E-state index contributed by atoms with van der Waals surface area (Å²) in [6, 6.07) is 16.4. The average Bonchev–Trinajstić information content (AvgIpc) is 3.48. The van der Waals surface area contributed by atoms with Crippen molar-refractivity contribution < 1.29 is 9.47 Å². The van der Waals surface area contributed by atoms with Crippen molar-refractivity contribution >= 4 is 11.6 Å². The molecule has 2 N–H and O–H groups in total. The van der Waals surface area contributed by atoms with Gasteiger partial charge in [0.1, 0.15) is 0 Å². The normalized spacial score (nSPS) is 15.3. The number of anilines is 1. The number of hydrogen-bond donors (Lipinski definition) is 2. The highest BCUT2D eigenvalue weighted by Crippen LogP contribution is 2.48. The number of hydrogen-bond acceptors (Lipinski definition) is 3. The molecule has 0 aromatic heterocycles. The van der Waals surface area contributed by atoms with Crippen molar-refractivity contribution in [2.75, 3.05) is 32.6 Å². The molecule has 0 radical (unpaired) electrons. The van der Waals surface area contributed by atoms with Crippen LogP contribution in [-0.2, 0) is 5.41 Å². The predicted octanol–water partition coefficient (Wildman–Crippen LogP) is 3.81. The van der Waals surface area contributed by atoms with Gasteiger partial charge in [-0.1, -0.05) is 30.3 Å². The van der Waals surface area contributed by atoms with E-state index in [2.05, 4.69) is 47.9 Å². The second kappa shape index (κ2) is 8.13. The van der Waals surface area contributed by atoms with Gasteiger partial charge in [0.15, 0.2) is 17.5 Å². The van der Waals surface area contributed by atoms with Crippen molar-refractivity contribution in [1.29, 1.82) is 0 Å². The molecule has 0 amide bonds. The number of nitrogens with one attached hydrogen (secondary N) is 2. The number of nitrogens with zero attached hydrogens (tertiary/aromatic N) is 1. The zero-order valence-electron chi connectivity index (χ0n) is 15.7. The molecule has 0 unspecified atom stereocenters. The first kappa shape index (κ1) is 18.1. The lowest BCUT2D eigenvalue weighted by atomic mass is 9.96. The smallest absolute Gasteiger partial charge is 0.195 e. The molecule has 0 atom stereocenters. The molecule has 3 rings (SSSR count). The minimum atomic E-state index is 0.196. The Kier molecular flexibility index (Phi) is 5.66. The highest BCUT2D eigenvalue weighted by molar-refractivity contribution is 5.94. The maximum Gasteiger partial charge on any atom is 0.195 e. The molecule has 1 fully saturated rings. The van der Waals surface area contributed by atoms with Crippen LogP contribution in [0.2, 0.25) is 0 Å². The van der Waals surface area contributed by atoms with Crippen LogP contribution in [0.1, 0.15) is 25.3 Å². The summed E-state index contributed by atoms with van der Waals surface area (Å²) in [5, 5.41) is 6.68. The van der Waals surface area contributed by atoms with E-state index < -0.39 is 0 Å². The van der Waals surface area contributed by atoms with Gasteiger partial charge in [-0.3, -0.25) is 4.99 Å². The number of benzene rings is 2. The quantitative estimate of drug-likeness (QED) is 0.587. The van der Waals surface area contributed by atoms with E-state index in [1.165, 1.54) is 18.4 Å². The zero-order valence-corrected chi connectivity index (χ0v) is 15.7. The molecule has 2 aromatic carbocycles. The first-order valence-electron chi connectivity index (χ1n) is 9.03. The van der Waals surface area contributed by atoms with Crippen molar-refractivity contribution in [3.05, 3.63) is 54.1 Å². The predicted molar refractivity (Wildman–Crippen MR) is 107 cm³/mol. The molecule has 138 valence electrons. The summed E-state index contributed by atoms with van der Waals surface area (Å²) < 4.78 is 10.7. The Hall–Kier alpha value is -2.69. The van der Waals surface area contributed by atoms with Crippen LogP contribution < -0.4 is 20.1 Å². The first-order chi connectivity index (χ1) is 12.7. The number of methoxy groups -OCH3 is 2. The van der Waals surface area contributed by atoms with Crippen LogP contribution >= 0.6 is 0 Å². The Bertz CT molecular complexity index is 755. The lowest BCUT2D eigenvalue weighted by molar-refractivity contribution is 0.355. The highest BCUT2D eigenvalue weighted by atomic mass is 16.5. The van der Waals surface area contributed by atoms with Crippen LogP contribution in [-0.4, -0.2) is 33.3 Å². The molecule has 0 heterocycles. The Labute approximate surface area is 155 Å². The Balaban J connectivity index is 1.74. The number of guanidine groups is 1. The summed E-state index contributed by atoms with van der Waals surface area (Å²) in [4.78, 5) is 4.84. The average molecular weight is 353 g/mol. The summed E-state index contributed by atoms with van der Waals surface area (Å²) in [6.45, 7) is 3.65. The van der Waals surface area contributed by atoms with Gasteiger partial charge in [-0.15, -0.1) is 0 Å². The molecule has 5 nitrogen and oxygen atoms in total. The van der Waals surface area contributed by atoms with Crippen molar-refractivity contribution in [3.63, 3.8) is 0 Å². The fraction of sp³-hybridized carbons (Fsp3) is 0.381. The highest BCUT2D eigenvalue weighted by Gasteiger charge is 2.43. The molecule has 0 spiro atoms. The summed E-state index contributed by atoms with van der Waals surface area (Å²) in [7, 11) is 3.27. The Morgan fingerprint density at radius 2 is 1.77 bits per heavy atom. The molecule has 26 heavy (non-hydrogen) atoms. The molecule has 0 aliphatic heterocycles. The second-order valence-corrected chi connectivity index (χ2v) is 6.54. The molecule has 1 aliphatic carbocycles. The van der Waals surface area contributed by atoms with Crippen LogP contribution in [0.5, 0.6) is 11.5 Å². The van der Waals surface area contributed by atoms with E-state index >= 15 is 0 Å². The number of ether oxygens (including phenoxy) is 2. The maximum atomic E-state index is 5.38. The summed E-state index contributed by atoms with van der Waals surface area (Å²) in [5.41, 5.74) is 2.49. The third-order valence-electron chi connectivity index (χ3n) is 4.77. The van der Waals surface area contributed by atoms with E-state index in [0.717, 1.165) is 24.7 Å². The van der Waals surface area contributed by atoms with Gasteiger partial charge in [0.05, 0.1) is 20.8 Å². The summed E-state index contributed by atoms with van der Waals surface area (Å²) >= 11 is 0. The summed E-state index contributed by atoms with van der Waals surface area (Å²) in [6.07, 6.45) is 2.38. The van der Waals surface area contributed by atoms with Gasteiger partial charge in [0, 0.05) is 23.7 Å². The van der Waals surface area contributed by atoms with E-state index in [4.69, 9.17) is 14.5 Å². The first-order valence-corrected chi connectivity index (χ1v) is 9.03. The lowest BCUT2D eigenvalue weighted by Gasteiger charge is -2.16. The van der Waals surface area contributed by atoms with Crippen LogP contribution in [0, 0.1) is 0 Å². The number of aliphatic imine (C=N–C) groups is 1. The van der Waals surface area contributed by atoms with Gasteiger partial charge in [0.25, 0.3) is 0 Å². The minimum absolute atomic E-state index is 0.196. The van der Waals surface area contributed by atoms with Gasteiger partial charge < -0.3 is 20.1 Å². The minimum Gasteiger partial charge on any atom is -0.493 e. The number of rotatable bonds is 7. The SMILES string of the molecule is CCNC(=NCC1(c2ccccc2)CC1)Nc1ccc(OC)c(OC)c1. The molecule has 0 bridgehead atoms. The molecule has 1 aliphatic rings. The lowest BCUT2D eigenvalue weighted by Crippen LogP contribution is -2.31. The molecule has 2 aromatic rings. The van der Waals surface area contributed by atoms with Crippen molar-refractivity contribution in [2.45, 2.75) is 25.2 Å². The van der Waals surface area contributed by atoms with Crippen LogP contribution in [0.4, 0.5) is 5.69 Å². The largest absolute Gasteiger partial charge is 0.493 e. The van der Waals surface area contributed by atoms with Gasteiger partial charge in [-0.25, -0.2) is 0 Å². The monoisotopic (exact) mass is 353 g/mol. The van der Waals surface area contributed by atoms with Crippen molar-refractivity contribution in [2.24, 2.45) is 4.99 Å². The molecule has 0 saturated heterocycles. The van der Waals surface area contributed by atoms with E-state index in [9.17, 15) is 0 Å². The van der Waals surface area contributed by atoms with Gasteiger partial charge in [-0.05, 0) is 37.5 Å². The fourth-order valence-electron chi connectivity index (χ4n) is 3.07. The Morgan fingerprint density at radius 3 is 2.38 bits per heavy atom. The van der Waals surface area contributed by atoms with Gasteiger partial charge >= 0.3 is 0 Å². The standard InChI is InChI=1S/C21H27N3O2/c1-4-22-20(24-17-10-11-18(25-2)19(14-17)26-3)23-15-21(12-13-21)16-8-6-5-7-9-16/h5-11,14H,4,12-13,15H2,1-3H3,(H2,22,23,24). The van der Waals surface area contributed by atoms with E-state index in [1.807, 2.05) is 18.2 Å². The summed E-state index contributed by atoms with van der Waals surface area (Å²) in [5.74, 6) is 2.18. The van der Waals surface area contributed by atoms with Crippen LogP contribution in [0.15, 0.2) is 53.5 Å². The van der Waals surface area contributed by atoms with Gasteiger partial charge in [-0.2, -0.15) is 0 Å². The Morgan fingerprint density at radius 1 is 1.04 bits per heavy atom. The molecule has 5 heteroatoms. The van der Waals surface area contributed by atoms with E-state index in [1.54, 1.807) is 14.2 Å². The molecular formula is C21H27N3O2. The van der Waals surface area contributed by atoms with E-state index in [-0.39, 0.29) is 5.41 Å². The third kappa shape index (κ3) is 4.10. The fourth-order valence-corrected chi connectivity index (χ4v) is 3.07. The topological polar surface area (TPSA) is 54.9 Å². The third-order valence-corrected chi connectivity index (χ3v) is 4.77. The van der Waals surface area contributed by atoms with E-state index in [0.29, 0.717) is 11.5 Å². The maximum absolute atomic E-state index is 5.38. The van der Waals surface area contributed by atoms with Crippen LogP contribution in [0.25, 0.3) is 0 Å². The van der Waals surface area contributed by atoms with Crippen LogP contribution in [0.3, 0.4) is 0 Å². The second-order valence-electron chi connectivity index (χ2n) is 6.54.